The molecule has 0 aliphatic carbocycles. The minimum Gasteiger partial charge on any atom is -0.464 e. The molecule has 0 saturated heterocycles. The Labute approximate surface area is 122 Å². The molecule has 0 bridgehead atoms. The molecule has 0 aromatic carbocycles. The fraction of sp³-hybridized carbons (Fsp3) is 0.467. The summed E-state index contributed by atoms with van der Waals surface area (Å²) in [5.74, 6) is 4.52. The Morgan fingerprint density at radius 1 is 1.42 bits per heavy atom. The number of aryl methyl sites for hydroxylation is 2. The van der Waals surface area contributed by atoms with E-state index >= 15 is 0 Å². The second-order valence-electron chi connectivity index (χ2n) is 4.78. The first-order valence-corrected chi connectivity index (χ1v) is 8.74. The van der Waals surface area contributed by atoms with Gasteiger partial charge in [-0.2, -0.15) is 11.8 Å². The van der Waals surface area contributed by atoms with E-state index in [1.165, 1.54) is 28.4 Å². The average Bonchev–Trinajstić information content (AvgIpc) is 3.05. The van der Waals surface area contributed by atoms with E-state index in [1.807, 2.05) is 30.1 Å². The molecule has 0 amide bonds. The maximum atomic E-state index is 5.91. The molecule has 2 aromatic rings. The number of rotatable bonds is 4. The summed E-state index contributed by atoms with van der Waals surface area (Å²) in [5, 5.41) is 3.39. The van der Waals surface area contributed by atoms with Crippen molar-refractivity contribution in [2.45, 2.75) is 31.6 Å². The van der Waals surface area contributed by atoms with Gasteiger partial charge in [-0.1, -0.05) is 6.92 Å². The summed E-state index contributed by atoms with van der Waals surface area (Å²) >= 11 is 3.98. The number of hydrogen-bond donors (Lipinski definition) is 1. The normalized spacial score (nSPS) is 16.3. The highest BCUT2D eigenvalue weighted by Gasteiger charge is 2.21. The molecule has 0 saturated carbocycles. The van der Waals surface area contributed by atoms with Gasteiger partial charge < -0.3 is 9.73 Å². The van der Waals surface area contributed by atoms with Crippen molar-refractivity contribution in [2.24, 2.45) is 0 Å². The molecule has 3 rings (SSSR count). The highest BCUT2D eigenvalue weighted by atomic mass is 32.2. The lowest BCUT2D eigenvalue weighted by atomic mass is 10.1. The van der Waals surface area contributed by atoms with Gasteiger partial charge in [0, 0.05) is 21.9 Å². The molecule has 0 radical (unpaired) electrons. The minimum atomic E-state index is 0.195. The maximum Gasteiger partial charge on any atom is 0.126 e. The maximum absolute atomic E-state index is 5.91. The van der Waals surface area contributed by atoms with Crippen molar-refractivity contribution in [3.63, 3.8) is 0 Å². The number of nitrogens with one attached hydrogen (secondary N) is 1. The van der Waals surface area contributed by atoms with E-state index in [1.54, 1.807) is 4.88 Å². The van der Waals surface area contributed by atoms with Crippen LogP contribution in [0.15, 0.2) is 22.6 Å². The molecule has 1 aliphatic heterocycles. The molecular weight excluding hydrogens is 274 g/mol. The molecule has 4 heteroatoms. The predicted molar refractivity (Wildman–Crippen MR) is 83.2 cm³/mol. The van der Waals surface area contributed by atoms with Crippen LogP contribution in [0.25, 0.3) is 0 Å². The Morgan fingerprint density at radius 3 is 3.00 bits per heavy atom. The van der Waals surface area contributed by atoms with Crippen LogP contribution in [0.4, 0.5) is 0 Å². The molecule has 1 atom stereocenters. The van der Waals surface area contributed by atoms with Gasteiger partial charge in [-0.15, -0.1) is 11.3 Å². The van der Waals surface area contributed by atoms with Gasteiger partial charge in [-0.3, -0.25) is 0 Å². The van der Waals surface area contributed by atoms with Gasteiger partial charge in [0.25, 0.3) is 0 Å². The zero-order chi connectivity index (χ0) is 13.2. The second-order valence-corrected chi connectivity index (χ2v) is 7.05. The Balaban J connectivity index is 1.91. The zero-order valence-electron chi connectivity index (χ0n) is 11.4. The van der Waals surface area contributed by atoms with Gasteiger partial charge >= 0.3 is 0 Å². The molecule has 2 nitrogen and oxygen atoms in total. The Morgan fingerprint density at radius 2 is 2.32 bits per heavy atom. The summed E-state index contributed by atoms with van der Waals surface area (Å²) < 4.78 is 5.91. The highest BCUT2D eigenvalue weighted by molar-refractivity contribution is 7.98. The van der Waals surface area contributed by atoms with Crippen molar-refractivity contribution >= 4 is 23.1 Å². The molecule has 1 unspecified atom stereocenters. The largest absolute Gasteiger partial charge is 0.464 e. The van der Waals surface area contributed by atoms with Crippen LogP contribution in [0.1, 0.15) is 39.8 Å². The van der Waals surface area contributed by atoms with E-state index in [9.17, 15) is 0 Å². The van der Waals surface area contributed by atoms with Crippen LogP contribution in [-0.4, -0.2) is 12.8 Å². The number of hydrogen-bond acceptors (Lipinski definition) is 4. The monoisotopic (exact) mass is 293 g/mol. The average molecular weight is 293 g/mol. The molecule has 1 aliphatic rings. The smallest absolute Gasteiger partial charge is 0.126 e. The predicted octanol–water partition coefficient (Wildman–Crippen LogP) is 4.00. The molecule has 1 N–H and O–H groups in total. The van der Waals surface area contributed by atoms with E-state index in [0.717, 1.165) is 17.9 Å². The third-order valence-corrected chi connectivity index (χ3v) is 5.85. The third kappa shape index (κ3) is 2.62. The van der Waals surface area contributed by atoms with Crippen molar-refractivity contribution in [3.8, 4) is 0 Å². The Kier molecular flexibility index (Phi) is 4.01. The van der Waals surface area contributed by atoms with Crippen LogP contribution in [0.5, 0.6) is 0 Å². The number of thioether (sulfide) groups is 1. The fourth-order valence-corrected chi connectivity index (χ4v) is 4.97. The van der Waals surface area contributed by atoms with E-state index in [2.05, 4.69) is 30.4 Å². The van der Waals surface area contributed by atoms with Crippen LogP contribution < -0.4 is 5.32 Å². The van der Waals surface area contributed by atoms with Crippen LogP contribution in [0.3, 0.4) is 0 Å². The summed E-state index contributed by atoms with van der Waals surface area (Å²) in [5.41, 5.74) is 1.53. The molecule has 19 heavy (non-hydrogen) atoms. The third-order valence-electron chi connectivity index (χ3n) is 3.54. The van der Waals surface area contributed by atoms with Crippen molar-refractivity contribution in [1.29, 1.82) is 0 Å². The lowest BCUT2D eigenvalue weighted by Gasteiger charge is -2.11. The summed E-state index contributed by atoms with van der Waals surface area (Å²) in [6, 6.07) is 6.75. The molecule has 0 spiro atoms. The number of fused-ring (bicyclic) bond motifs is 1. The molecular formula is C15H19NOS2. The van der Waals surface area contributed by atoms with Crippen LogP contribution in [-0.2, 0) is 18.6 Å². The standard InChI is InChI=1S/C15H19NOS2/c1-3-11-4-5-12(17-11)15(16-2)14-8-10-9-18-7-6-13(10)19-14/h4-5,8,15-16H,3,6-7,9H2,1-2H3. The van der Waals surface area contributed by atoms with Gasteiger partial charge in [0.1, 0.15) is 17.6 Å². The minimum absolute atomic E-state index is 0.195. The Hall–Kier alpha value is -0.710. The van der Waals surface area contributed by atoms with E-state index in [-0.39, 0.29) is 6.04 Å². The van der Waals surface area contributed by atoms with Crippen LogP contribution in [0, 0.1) is 0 Å². The molecule has 102 valence electrons. The quantitative estimate of drug-likeness (QED) is 0.922. The summed E-state index contributed by atoms with van der Waals surface area (Å²) in [4.78, 5) is 2.95. The van der Waals surface area contributed by atoms with Crippen molar-refractivity contribution in [1.82, 2.24) is 5.32 Å². The summed E-state index contributed by atoms with van der Waals surface area (Å²) in [6.45, 7) is 2.12. The summed E-state index contributed by atoms with van der Waals surface area (Å²) in [6.07, 6.45) is 2.17. The molecule has 2 aromatic heterocycles. The van der Waals surface area contributed by atoms with Crippen LogP contribution in [0.2, 0.25) is 0 Å². The Bertz CT molecular complexity index is 535. The SMILES string of the molecule is CCc1ccc(C(NC)c2cc3c(s2)CCSC3)o1. The van der Waals surface area contributed by atoms with Gasteiger partial charge in [-0.25, -0.2) is 0 Å². The van der Waals surface area contributed by atoms with Gasteiger partial charge in [0.05, 0.1) is 0 Å². The van der Waals surface area contributed by atoms with Gasteiger partial charge in [-0.05, 0) is 43.0 Å². The first-order valence-electron chi connectivity index (χ1n) is 6.77. The molecule has 3 heterocycles. The van der Waals surface area contributed by atoms with E-state index in [0.29, 0.717) is 0 Å². The topological polar surface area (TPSA) is 25.2 Å². The van der Waals surface area contributed by atoms with Gasteiger partial charge in [0.2, 0.25) is 0 Å². The summed E-state index contributed by atoms with van der Waals surface area (Å²) in [7, 11) is 2.01. The van der Waals surface area contributed by atoms with Crippen molar-refractivity contribution in [2.75, 3.05) is 12.8 Å². The van der Waals surface area contributed by atoms with E-state index in [4.69, 9.17) is 4.42 Å². The van der Waals surface area contributed by atoms with Crippen molar-refractivity contribution < 1.29 is 4.42 Å². The second kappa shape index (κ2) is 5.73. The lowest BCUT2D eigenvalue weighted by Crippen LogP contribution is -2.15. The molecule has 0 fully saturated rings. The first kappa shape index (κ1) is 13.3. The van der Waals surface area contributed by atoms with E-state index < -0.39 is 0 Å². The van der Waals surface area contributed by atoms with Gasteiger partial charge in [0.15, 0.2) is 0 Å². The number of thiophene rings is 1. The lowest BCUT2D eigenvalue weighted by molar-refractivity contribution is 0.436. The first-order chi connectivity index (χ1) is 9.31. The highest BCUT2D eigenvalue weighted by Crippen LogP contribution is 2.36. The van der Waals surface area contributed by atoms with Crippen molar-refractivity contribution in [3.05, 3.63) is 45.0 Å². The zero-order valence-corrected chi connectivity index (χ0v) is 13.0. The number of furan rings is 1. The van der Waals surface area contributed by atoms with Crippen LogP contribution >= 0.6 is 23.1 Å². The fourth-order valence-electron chi connectivity index (χ4n) is 2.48.